The van der Waals surface area contributed by atoms with Crippen LogP contribution in [0.4, 0.5) is 5.69 Å². The molecule has 2 rings (SSSR count). The minimum absolute atomic E-state index is 0.102. The highest BCUT2D eigenvalue weighted by molar-refractivity contribution is 5.45. The van der Waals surface area contributed by atoms with Gasteiger partial charge in [-0.1, -0.05) is 18.2 Å². The molecule has 5 nitrogen and oxygen atoms in total. The van der Waals surface area contributed by atoms with Crippen molar-refractivity contribution in [3.63, 3.8) is 0 Å². The van der Waals surface area contributed by atoms with E-state index in [4.69, 9.17) is 5.73 Å². The van der Waals surface area contributed by atoms with Crippen molar-refractivity contribution in [3.8, 4) is 5.75 Å². The summed E-state index contributed by atoms with van der Waals surface area (Å²) in [6.45, 7) is 2.33. The fourth-order valence-corrected chi connectivity index (χ4v) is 2.52. The SMILES string of the molecule is CC(Cc1ccc(O)cc1)NCC(O)c1cc(N)cc(CO)c1. The number of hydrogen-bond donors (Lipinski definition) is 5. The van der Waals surface area contributed by atoms with Crippen LogP contribution >= 0.6 is 0 Å². The molecule has 6 N–H and O–H groups in total. The summed E-state index contributed by atoms with van der Waals surface area (Å²) in [7, 11) is 0. The van der Waals surface area contributed by atoms with Gasteiger partial charge in [-0.25, -0.2) is 0 Å². The Morgan fingerprint density at radius 3 is 2.43 bits per heavy atom. The molecule has 2 unspecified atom stereocenters. The van der Waals surface area contributed by atoms with Crippen molar-refractivity contribution in [2.75, 3.05) is 12.3 Å². The number of nitrogen functional groups attached to an aromatic ring is 1. The van der Waals surface area contributed by atoms with Crippen LogP contribution in [-0.4, -0.2) is 27.9 Å². The van der Waals surface area contributed by atoms with Crippen LogP contribution in [0.1, 0.15) is 29.7 Å². The average Bonchev–Trinajstić information content (AvgIpc) is 2.54. The minimum Gasteiger partial charge on any atom is -0.508 e. The van der Waals surface area contributed by atoms with Crippen molar-refractivity contribution in [1.29, 1.82) is 0 Å². The number of phenolic OH excluding ortho intramolecular Hbond substituents is 1. The van der Waals surface area contributed by atoms with Crippen LogP contribution in [-0.2, 0) is 13.0 Å². The fraction of sp³-hybridized carbons (Fsp3) is 0.333. The van der Waals surface area contributed by atoms with Gasteiger partial charge < -0.3 is 26.4 Å². The smallest absolute Gasteiger partial charge is 0.115 e. The Balaban J connectivity index is 1.89. The van der Waals surface area contributed by atoms with E-state index in [2.05, 4.69) is 5.32 Å². The van der Waals surface area contributed by atoms with E-state index in [0.717, 1.165) is 12.0 Å². The largest absolute Gasteiger partial charge is 0.508 e. The first kappa shape index (κ1) is 17.3. The Hall–Kier alpha value is -2.08. The predicted octanol–water partition coefficient (Wildman–Crippen LogP) is 1.72. The van der Waals surface area contributed by atoms with E-state index in [0.29, 0.717) is 23.4 Å². The fourth-order valence-electron chi connectivity index (χ4n) is 2.52. The first-order chi connectivity index (χ1) is 11.0. The highest BCUT2D eigenvalue weighted by atomic mass is 16.3. The lowest BCUT2D eigenvalue weighted by Crippen LogP contribution is -2.32. The molecule has 0 radical (unpaired) electrons. The number of hydrogen-bond acceptors (Lipinski definition) is 5. The quantitative estimate of drug-likeness (QED) is 0.501. The van der Waals surface area contributed by atoms with Crippen molar-refractivity contribution >= 4 is 5.69 Å². The van der Waals surface area contributed by atoms with Gasteiger partial charge in [0, 0.05) is 18.3 Å². The third-order valence-corrected chi connectivity index (χ3v) is 3.74. The lowest BCUT2D eigenvalue weighted by Gasteiger charge is -2.18. The zero-order chi connectivity index (χ0) is 16.8. The molecule has 23 heavy (non-hydrogen) atoms. The van der Waals surface area contributed by atoms with Crippen molar-refractivity contribution in [2.24, 2.45) is 0 Å². The highest BCUT2D eigenvalue weighted by Gasteiger charge is 2.11. The van der Waals surface area contributed by atoms with Crippen LogP contribution in [0.25, 0.3) is 0 Å². The minimum atomic E-state index is -0.689. The molecule has 0 bridgehead atoms. The summed E-state index contributed by atoms with van der Waals surface area (Å²) < 4.78 is 0. The molecule has 124 valence electrons. The Morgan fingerprint density at radius 1 is 1.09 bits per heavy atom. The molecular formula is C18H24N2O3. The Bertz CT molecular complexity index is 629. The maximum atomic E-state index is 10.3. The van der Waals surface area contributed by atoms with Gasteiger partial charge >= 0.3 is 0 Å². The van der Waals surface area contributed by atoms with E-state index in [1.54, 1.807) is 30.3 Å². The van der Waals surface area contributed by atoms with Crippen molar-refractivity contribution in [3.05, 3.63) is 59.2 Å². The summed E-state index contributed by atoms with van der Waals surface area (Å²) >= 11 is 0. The maximum absolute atomic E-state index is 10.3. The molecule has 0 saturated carbocycles. The van der Waals surface area contributed by atoms with Crippen molar-refractivity contribution in [1.82, 2.24) is 5.32 Å². The number of nitrogens with two attached hydrogens (primary N) is 1. The molecule has 0 spiro atoms. The summed E-state index contributed by atoms with van der Waals surface area (Å²) in [5.41, 5.74) is 8.81. The maximum Gasteiger partial charge on any atom is 0.115 e. The number of aliphatic hydroxyl groups is 2. The average molecular weight is 316 g/mol. The topological polar surface area (TPSA) is 98.7 Å². The van der Waals surface area contributed by atoms with Gasteiger partial charge in [-0.3, -0.25) is 0 Å². The lowest BCUT2D eigenvalue weighted by atomic mass is 10.0. The molecule has 0 aromatic heterocycles. The van der Waals surface area contributed by atoms with Gasteiger partial charge in [-0.15, -0.1) is 0 Å². The number of benzene rings is 2. The van der Waals surface area contributed by atoms with E-state index < -0.39 is 6.10 Å². The van der Waals surface area contributed by atoms with Crippen LogP contribution in [0.15, 0.2) is 42.5 Å². The number of nitrogens with one attached hydrogen (secondary N) is 1. The number of rotatable bonds is 7. The van der Waals surface area contributed by atoms with Gasteiger partial charge in [0.2, 0.25) is 0 Å². The van der Waals surface area contributed by atoms with Crippen LogP contribution in [0.2, 0.25) is 0 Å². The van der Waals surface area contributed by atoms with Gasteiger partial charge in [-0.2, -0.15) is 0 Å². The second-order valence-electron chi connectivity index (χ2n) is 5.86. The monoisotopic (exact) mass is 316 g/mol. The number of aliphatic hydroxyl groups excluding tert-OH is 2. The molecule has 0 aliphatic carbocycles. The number of aromatic hydroxyl groups is 1. The highest BCUT2D eigenvalue weighted by Crippen LogP contribution is 2.19. The summed E-state index contributed by atoms with van der Waals surface area (Å²) in [4.78, 5) is 0. The zero-order valence-corrected chi connectivity index (χ0v) is 13.2. The molecule has 0 fully saturated rings. The Labute approximate surface area is 136 Å². The van der Waals surface area contributed by atoms with Gasteiger partial charge in [-0.05, 0) is 54.3 Å². The standard InChI is InChI=1S/C18H24N2O3/c1-12(6-13-2-4-17(22)5-3-13)20-10-18(23)15-7-14(11-21)8-16(19)9-15/h2-5,7-9,12,18,20-23H,6,10-11,19H2,1H3. The molecule has 2 atom stereocenters. The van der Waals surface area contributed by atoms with E-state index in [9.17, 15) is 15.3 Å². The summed E-state index contributed by atoms with van der Waals surface area (Å²) in [6, 6.07) is 12.4. The van der Waals surface area contributed by atoms with Gasteiger partial charge in [0.05, 0.1) is 12.7 Å². The predicted molar refractivity (Wildman–Crippen MR) is 91.0 cm³/mol. The van der Waals surface area contributed by atoms with Crippen LogP contribution in [0.3, 0.4) is 0 Å². The molecule has 2 aromatic rings. The van der Waals surface area contributed by atoms with Crippen molar-refractivity contribution < 1.29 is 15.3 Å². The molecule has 0 aliphatic heterocycles. The van der Waals surface area contributed by atoms with Crippen LogP contribution < -0.4 is 11.1 Å². The lowest BCUT2D eigenvalue weighted by molar-refractivity contribution is 0.170. The first-order valence-electron chi connectivity index (χ1n) is 7.67. The normalized spacial score (nSPS) is 13.7. The zero-order valence-electron chi connectivity index (χ0n) is 13.2. The van der Waals surface area contributed by atoms with Crippen LogP contribution in [0, 0.1) is 0 Å². The summed E-state index contributed by atoms with van der Waals surface area (Å²) in [5.74, 6) is 0.256. The van der Waals surface area contributed by atoms with E-state index in [-0.39, 0.29) is 18.4 Å². The van der Waals surface area contributed by atoms with Gasteiger partial charge in [0.15, 0.2) is 0 Å². The molecule has 0 amide bonds. The molecular weight excluding hydrogens is 292 g/mol. The van der Waals surface area contributed by atoms with Gasteiger partial charge in [0.1, 0.15) is 5.75 Å². The number of phenols is 1. The molecule has 0 saturated heterocycles. The third-order valence-electron chi connectivity index (χ3n) is 3.74. The molecule has 2 aromatic carbocycles. The second kappa shape index (κ2) is 7.97. The van der Waals surface area contributed by atoms with E-state index in [1.807, 2.05) is 19.1 Å². The summed E-state index contributed by atoms with van der Waals surface area (Å²) in [6.07, 6.45) is 0.109. The molecule has 0 heterocycles. The Morgan fingerprint density at radius 2 is 1.78 bits per heavy atom. The molecule has 5 heteroatoms. The number of anilines is 1. The van der Waals surface area contributed by atoms with Gasteiger partial charge in [0.25, 0.3) is 0 Å². The van der Waals surface area contributed by atoms with Crippen molar-refractivity contribution in [2.45, 2.75) is 32.1 Å². The van der Waals surface area contributed by atoms with E-state index >= 15 is 0 Å². The Kier molecular flexibility index (Phi) is 5.98. The third kappa shape index (κ3) is 5.25. The summed E-state index contributed by atoms with van der Waals surface area (Å²) in [5, 5.41) is 32.0. The first-order valence-corrected chi connectivity index (χ1v) is 7.67. The van der Waals surface area contributed by atoms with Crippen LogP contribution in [0.5, 0.6) is 5.75 Å². The molecule has 0 aliphatic rings. The van der Waals surface area contributed by atoms with E-state index in [1.165, 1.54) is 0 Å². The second-order valence-corrected chi connectivity index (χ2v) is 5.86.